The van der Waals surface area contributed by atoms with Gasteiger partial charge in [-0.05, 0) is 46.6 Å². The molecular weight excluding hydrogens is 534 g/mol. The number of fused-ring (bicyclic) bond motifs is 1. The van der Waals surface area contributed by atoms with Crippen molar-refractivity contribution >= 4 is 50.7 Å². The summed E-state index contributed by atoms with van der Waals surface area (Å²) in [6, 6.07) is 11.5. The maximum absolute atomic E-state index is 10.3. The van der Waals surface area contributed by atoms with Crippen molar-refractivity contribution in [1.82, 2.24) is 9.55 Å². The molecule has 0 atom stereocenters. The van der Waals surface area contributed by atoms with Crippen molar-refractivity contribution in [3.63, 3.8) is 0 Å². The van der Waals surface area contributed by atoms with Crippen molar-refractivity contribution < 1.29 is 5.11 Å². The molecular formula is C30H41BrClN3O. The molecule has 1 N–H and O–H groups in total. The van der Waals surface area contributed by atoms with Crippen LogP contribution in [-0.4, -0.2) is 20.9 Å². The van der Waals surface area contributed by atoms with Crippen LogP contribution >= 0.6 is 27.5 Å². The summed E-state index contributed by atoms with van der Waals surface area (Å²) in [5.74, 6) is 0.777. The summed E-state index contributed by atoms with van der Waals surface area (Å²) in [7, 11) is 0. The quantitative estimate of drug-likeness (QED) is 0.129. The molecule has 1 heterocycles. The summed E-state index contributed by atoms with van der Waals surface area (Å²) >= 11 is 9.48. The van der Waals surface area contributed by atoms with Crippen molar-refractivity contribution in [3.8, 4) is 5.75 Å². The van der Waals surface area contributed by atoms with Gasteiger partial charge in [-0.25, -0.2) is 9.98 Å². The lowest BCUT2D eigenvalue weighted by atomic mass is 10.0. The Kier molecular flexibility index (Phi) is 12.8. The average Bonchev–Trinajstić information content (AvgIpc) is 3.23. The van der Waals surface area contributed by atoms with E-state index in [2.05, 4.69) is 38.5 Å². The predicted octanol–water partition coefficient (Wildman–Crippen LogP) is 10.4. The van der Waals surface area contributed by atoms with Crippen molar-refractivity contribution in [1.29, 1.82) is 0 Å². The van der Waals surface area contributed by atoms with Crippen molar-refractivity contribution in [2.45, 2.75) is 103 Å². The lowest BCUT2D eigenvalue weighted by molar-refractivity contribution is 0.471. The Morgan fingerprint density at radius 2 is 1.47 bits per heavy atom. The molecule has 2 aromatic carbocycles. The van der Waals surface area contributed by atoms with Crippen LogP contribution in [0.15, 0.2) is 45.9 Å². The Morgan fingerprint density at radius 3 is 2.11 bits per heavy atom. The number of phenolic OH excluding ortho intramolecular Hbond substituents is 1. The number of unbranched alkanes of at least 4 members (excludes halogenated alkanes) is 13. The lowest BCUT2D eigenvalue weighted by Crippen LogP contribution is -1.98. The van der Waals surface area contributed by atoms with E-state index in [9.17, 15) is 5.11 Å². The number of aliphatic imine (C=N–C) groups is 1. The molecule has 0 saturated carbocycles. The van der Waals surface area contributed by atoms with Gasteiger partial charge in [0.1, 0.15) is 5.75 Å². The molecule has 0 saturated heterocycles. The molecule has 0 aliphatic carbocycles. The maximum atomic E-state index is 10.3. The zero-order valence-electron chi connectivity index (χ0n) is 21.7. The van der Waals surface area contributed by atoms with Gasteiger partial charge < -0.3 is 9.67 Å². The van der Waals surface area contributed by atoms with E-state index in [-0.39, 0.29) is 5.75 Å². The Balaban J connectivity index is 1.43. The number of imidazole rings is 1. The number of aromatic nitrogens is 2. The molecule has 0 amide bonds. The van der Waals surface area contributed by atoms with E-state index in [4.69, 9.17) is 16.6 Å². The average molecular weight is 575 g/mol. The smallest absolute Gasteiger partial charge is 0.230 e. The minimum Gasteiger partial charge on any atom is -0.506 e. The minimum atomic E-state index is 0.123. The Morgan fingerprint density at radius 1 is 0.889 bits per heavy atom. The molecule has 0 aliphatic heterocycles. The highest BCUT2D eigenvalue weighted by Gasteiger charge is 2.10. The summed E-state index contributed by atoms with van der Waals surface area (Å²) < 4.78 is 2.73. The van der Waals surface area contributed by atoms with Gasteiger partial charge in [0.05, 0.1) is 15.5 Å². The van der Waals surface area contributed by atoms with Crippen LogP contribution in [0.4, 0.5) is 5.95 Å². The van der Waals surface area contributed by atoms with Crippen LogP contribution < -0.4 is 0 Å². The van der Waals surface area contributed by atoms with Gasteiger partial charge in [0, 0.05) is 23.3 Å². The van der Waals surface area contributed by atoms with Gasteiger partial charge in [-0.2, -0.15) is 0 Å². The molecule has 3 rings (SSSR count). The summed E-state index contributed by atoms with van der Waals surface area (Å²) in [6.45, 7) is 3.17. The van der Waals surface area contributed by atoms with Gasteiger partial charge in [0.15, 0.2) is 0 Å². The summed E-state index contributed by atoms with van der Waals surface area (Å²) in [5.41, 5.74) is 2.59. The number of halogens is 2. The first-order chi connectivity index (χ1) is 17.6. The fraction of sp³-hybridized carbons (Fsp3) is 0.533. The molecule has 0 radical (unpaired) electrons. The normalized spacial score (nSPS) is 11.8. The summed E-state index contributed by atoms with van der Waals surface area (Å²) in [6.07, 6.45) is 20.5. The van der Waals surface area contributed by atoms with Gasteiger partial charge in [-0.3, -0.25) is 0 Å². The van der Waals surface area contributed by atoms with Crippen LogP contribution in [0, 0.1) is 0 Å². The van der Waals surface area contributed by atoms with Crippen molar-refractivity contribution in [3.05, 3.63) is 51.5 Å². The summed E-state index contributed by atoms with van der Waals surface area (Å²) in [5, 5.41) is 10.9. The largest absolute Gasteiger partial charge is 0.506 e. The zero-order valence-corrected chi connectivity index (χ0v) is 24.0. The molecule has 6 heteroatoms. The number of hydrogen-bond acceptors (Lipinski definition) is 3. The second-order valence-corrected chi connectivity index (χ2v) is 11.0. The molecule has 0 spiro atoms. The standard InChI is InChI=1S/C30H41BrClN3O/c1-2-3-4-5-6-7-8-9-10-11-12-13-14-17-20-35-28-19-16-15-18-27(28)34-30(35)33-23-24-21-25(32)22-26(31)29(24)36/h15-16,18-19,21-23,36H,2-14,17,20H2,1H3/b33-23-. The number of aromatic hydroxyl groups is 1. The van der Waals surface area contributed by atoms with Gasteiger partial charge in [0.25, 0.3) is 0 Å². The Bertz CT molecular complexity index is 1100. The van der Waals surface area contributed by atoms with E-state index >= 15 is 0 Å². The van der Waals surface area contributed by atoms with E-state index in [1.54, 1.807) is 18.3 Å². The predicted molar refractivity (Wildman–Crippen MR) is 158 cm³/mol. The van der Waals surface area contributed by atoms with Crippen LogP contribution in [-0.2, 0) is 6.54 Å². The molecule has 0 fully saturated rings. The topological polar surface area (TPSA) is 50.4 Å². The Hall–Kier alpha value is -1.85. The number of hydrogen-bond donors (Lipinski definition) is 1. The first-order valence-corrected chi connectivity index (χ1v) is 14.9. The van der Waals surface area contributed by atoms with Gasteiger partial charge in [-0.1, -0.05) is 114 Å². The van der Waals surface area contributed by atoms with E-state index in [0.717, 1.165) is 24.0 Å². The van der Waals surface area contributed by atoms with E-state index in [1.807, 2.05) is 18.2 Å². The number of aryl methyl sites for hydroxylation is 1. The second kappa shape index (κ2) is 16.1. The molecule has 0 bridgehead atoms. The molecule has 4 nitrogen and oxygen atoms in total. The molecule has 3 aromatic rings. The van der Waals surface area contributed by atoms with Gasteiger partial charge in [0.2, 0.25) is 5.95 Å². The molecule has 0 aliphatic rings. The lowest BCUT2D eigenvalue weighted by Gasteiger charge is -2.07. The van der Waals surface area contributed by atoms with E-state index in [1.165, 1.54) is 83.5 Å². The van der Waals surface area contributed by atoms with Crippen LogP contribution in [0.2, 0.25) is 5.02 Å². The van der Waals surface area contributed by atoms with Crippen LogP contribution in [0.25, 0.3) is 11.0 Å². The zero-order chi connectivity index (χ0) is 25.6. The highest BCUT2D eigenvalue weighted by atomic mass is 79.9. The van der Waals surface area contributed by atoms with Crippen molar-refractivity contribution in [2.24, 2.45) is 4.99 Å². The summed E-state index contributed by atoms with van der Waals surface area (Å²) in [4.78, 5) is 9.35. The SMILES string of the molecule is CCCCCCCCCCCCCCCCn1c(/N=C\c2cc(Cl)cc(Br)c2O)nc2ccccc21. The number of rotatable bonds is 17. The third kappa shape index (κ3) is 9.23. The van der Waals surface area contributed by atoms with E-state index in [0.29, 0.717) is 21.0 Å². The van der Waals surface area contributed by atoms with E-state index < -0.39 is 0 Å². The number of nitrogens with zero attached hydrogens (tertiary/aromatic N) is 3. The van der Waals surface area contributed by atoms with Crippen LogP contribution in [0.3, 0.4) is 0 Å². The Labute approximate surface area is 230 Å². The third-order valence-corrected chi connectivity index (χ3v) is 7.57. The van der Waals surface area contributed by atoms with Crippen LogP contribution in [0.5, 0.6) is 5.75 Å². The molecule has 196 valence electrons. The minimum absolute atomic E-state index is 0.123. The first-order valence-electron chi connectivity index (χ1n) is 13.8. The highest BCUT2D eigenvalue weighted by Crippen LogP contribution is 2.31. The number of phenols is 1. The second-order valence-electron chi connectivity index (χ2n) is 9.73. The third-order valence-electron chi connectivity index (χ3n) is 6.75. The van der Waals surface area contributed by atoms with Gasteiger partial charge in [-0.15, -0.1) is 0 Å². The first kappa shape index (κ1) is 28.7. The molecule has 1 aromatic heterocycles. The fourth-order valence-electron chi connectivity index (χ4n) is 4.66. The number of para-hydroxylation sites is 2. The fourth-order valence-corrected chi connectivity index (χ4v) is 5.49. The maximum Gasteiger partial charge on any atom is 0.230 e. The van der Waals surface area contributed by atoms with Crippen molar-refractivity contribution in [2.75, 3.05) is 0 Å². The van der Waals surface area contributed by atoms with Crippen LogP contribution in [0.1, 0.15) is 102 Å². The highest BCUT2D eigenvalue weighted by molar-refractivity contribution is 9.10. The van der Waals surface area contributed by atoms with Gasteiger partial charge >= 0.3 is 0 Å². The molecule has 0 unspecified atom stereocenters. The molecule has 36 heavy (non-hydrogen) atoms. The number of benzene rings is 2. The monoisotopic (exact) mass is 573 g/mol.